The molecule has 1 rings (SSSR count). The monoisotopic (exact) mass is 318 g/mol. The second-order valence-corrected chi connectivity index (χ2v) is 4.76. The van der Waals surface area contributed by atoms with Gasteiger partial charge >= 0.3 is 0 Å². The van der Waals surface area contributed by atoms with Gasteiger partial charge in [0, 0.05) is 19.7 Å². The summed E-state index contributed by atoms with van der Waals surface area (Å²) < 4.78 is 32.0. The Kier molecular flexibility index (Phi) is 13.7. The van der Waals surface area contributed by atoms with Crippen LogP contribution in [0.1, 0.15) is 6.42 Å². The van der Waals surface area contributed by atoms with E-state index >= 15 is 0 Å². The van der Waals surface area contributed by atoms with Crippen LogP contribution in [0.15, 0.2) is 0 Å². The Labute approximate surface area is 132 Å². The third-order valence-electron chi connectivity index (χ3n) is 2.85. The molecule has 1 aliphatic rings. The van der Waals surface area contributed by atoms with Crippen molar-refractivity contribution in [1.82, 2.24) is 0 Å². The highest BCUT2D eigenvalue weighted by Crippen LogP contribution is 1.88. The number of rotatable bonds is 0. The van der Waals surface area contributed by atoms with Crippen molar-refractivity contribution in [1.29, 1.82) is 0 Å². The van der Waals surface area contributed by atoms with E-state index < -0.39 is 0 Å². The molecule has 1 saturated heterocycles. The lowest BCUT2D eigenvalue weighted by molar-refractivity contribution is -0.117. The first kappa shape index (κ1) is 19.5. The molecule has 0 aromatic carbocycles. The van der Waals surface area contributed by atoms with Crippen LogP contribution in [0.3, 0.4) is 0 Å². The van der Waals surface area contributed by atoms with E-state index in [2.05, 4.69) is 0 Å². The average Bonchev–Trinajstić information content (AvgIpc) is 2.52. The van der Waals surface area contributed by atoms with Gasteiger partial charge in [-0.15, -0.1) is 0 Å². The van der Waals surface area contributed by atoms with Gasteiger partial charge in [0.2, 0.25) is 7.28 Å². The van der Waals surface area contributed by atoms with Crippen LogP contribution >= 0.6 is 0 Å². The van der Waals surface area contributed by atoms with Crippen molar-refractivity contribution in [3.8, 4) is 0 Å². The third-order valence-corrected chi connectivity index (χ3v) is 2.85. The molecule has 0 aromatic heterocycles. The highest BCUT2D eigenvalue weighted by Gasteiger charge is 2.04. The molecule has 7 nitrogen and oxygen atoms in total. The fourth-order valence-corrected chi connectivity index (χ4v) is 1.69. The lowest BCUT2D eigenvalue weighted by atomic mass is 9.75. The normalized spacial score (nSPS) is 23.2. The Bertz CT molecular complexity index is 242. The summed E-state index contributed by atoms with van der Waals surface area (Å²) in [5, 5.41) is 0. The minimum atomic E-state index is 0.0311. The Balaban J connectivity index is 2.09. The highest BCUT2D eigenvalue weighted by atomic mass is 16.6. The summed E-state index contributed by atoms with van der Waals surface area (Å²) >= 11 is 0. The lowest BCUT2D eigenvalue weighted by Crippen LogP contribution is -2.23. The first-order valence-electron chi connectivity index (χ1n) is 7.88. The van der Waals surface area contributed by atoms with Gasteiger partial charge in [0.1, 0.15) is 5.68 Å². The molecule has 128 valence electrons. The van der Waals surface area contributed by atoms with E-state index in [1.165, 1.54) is 0 Å². The van der Waals surface area contributed by atoms with Crippen molar-refractivity contribution < 1.29 is 33.2 Å². The van der Waals surface area contributed by atoms with Gasteiger partial charge in [-0.1, -0.05) is 0 Å². The molecule has 0 aromatic rings. The predicted octanol–water partition coefficient (Wildman–Crippen LogP) is -0.590. The maximum absolute atomic E-state index is 11.5. The number of hydrogen-bond donors (Lipinski definition) is 0. The maximum atomic E-state index is 11.5. The van der Waals surface area contributed by atoms with Gasteiger partial charge in [-0.25, -0.2) is 0 Å². The molecule has 0 aliphatic carbocycles. The maximum Gasteiger partial charge on any atom is 0.238 e. The van der Waals surface area contributed by atoms with Crippen LogP contribution in [-0.4, -0.2) is 92.1 Å². The van der Waals surface area contributed by atoms with E-state index in [1.54, 1.807) is 0 Å². The summed E-state index contributed by atoms with van der Waals surface area (Å²) in [5.74, 6) is 0. The first-order valence-corrected chi connectivity index (χ1v) is 7.88. The molecule has 22 heavy (non-hydrogen) atoms. The standard InChI is InChI=1S/C14H27BO7/c16-14-12-21-10-8-19-6-4-17-2-1-3-18-5-7-20-9-11-22-13-15-14/h15H,1-13H2. The van der Waals surface area contributed by atoms with Crippen molar-refractivity contribution >= 4 is 13.0 Å². The summed E-state index contributed by atoms with van der Waals surface area (Å²) in [6, 6.07) is 0. The molecule has 0 N–H and O–H groups in total. The van der Waals surface area contributed by atoms with Crippen molar-refractivity contribution in [2.75, 3.05) is 79.2 Å². The number of ether oxygens (including phenoxy) is 6. The lowest BCUT2D eigenvalue weighted by Gasteiger charge is -2.07. The minimum Gasteiger partial charge on any atom is -0.387 e. The molecule has 8 heteroatoms. The summed E-state index contributed by atoms with van der Waals surface area (Å²) in [6.45, 7) is 5.89. The van der Waals surface area contributed by atoms with Crippen LogP contribution in [0.5, 0.6) is 0 Å². The molecule has 0 amide bonds. The van der Waals surface area contributed by atoms with Crippen molar-refractivity contribution in [2.45, 2.75) is 6.42 Å². The van der Waals surface area contributed by atoms with E-state index in [-0.39, 0.29) is 12.3 Å². The molecule has 0 bridgehead atoms. The van der Waals surface area contributed by atoms with Gasteiger partial charge in [-0.3, -0.25) is 0 Å². The van der Waals surface area contributed by atoms with Crippen LogP contribution in [0.4, 0.5) is 0 Å². The Morgan fingerprint density at radius 1 is 0.591 bits per heavy atom. The molecule has 0 saturated carbocycles. The van der Waals surface area contributed by atoms with Crippen LogP contribution < -0.4 is 0 Å². The van der Waals surface area contributed by atoms with E-state index in [1.807, 2.05) is 0 Å². The van der Waals surface area contributed by atoms with Gasteiger partial charge in [-0.05, 0) is 6.42 Å². The van der Waals surface area contributed by atoms with E-state index in [4.69, 9.17) is 28.4 Å². The summed E-state index contributed by atoms with van der Waals surface area (Å²) in [5.41, 5.74) is 0.0311. The zero-order valence-corrected chi connectivity index (χ0v) is 13.3. The molecule has 1 aliphatic heterocycles. The molecule has 0 atom stereocenters. The number of hydrogen-bond acceptors (Lipinski definition) is 7. The van der Waals surface area contributed by atoms with Crippen molar-refractivity contribution in [3.05, 3.63) is 0 Å². The zero-order valence-electron chi connectivity index (χ0n) is 13.3. The summed E-state index contributed by atoms with van der Waals surface area (Å²) in [4.78, 5) is 11.5. The van der Waals surface area contributed by atoms with Crippen LogP contribution in [0, 0.1) is 0 Å². The molecular formula is C14H27BO7. The average molecular weight is 318 g/mol. The minimum absolute atomic E-state index is 0.0311. The quantitative estimate of drug-likeness (QED) is 0.553. The molecular weight excluding hydrogens is 291 g/mol. The second kappa shape index (κ2) is 15.4. The predicted molar refractivity (Wildman–Crippen MR) is 81.7 cm³/mol. The summed E-state index contributed by atoms with van der Waals surface area (Å²) in [7, 11) is 0.359. The largest absolute Gasteiger partial charge is 0.387 e. The topological polar surface area (TPSA) is 72.5 Å². The Morgan fingerprint density at radius 2 is 1.05 bits per heavy atom. The van der Waals surface area contributed by atoms with E-state index in [0.717, 1.165) is 6.42 Å². The van der Waals surface area contributed by atoms with Gasteiger partial charge in [-0.2, -0.15) is 0 Å². The van der Waals surface area contributed by atoms with Crippen LogP contribution in [0.2, 0.25) is 0 Å². The first-order chi connectivity index (χ1) is 10.9. The molecule has 0 unspecified atom stereocenters. The molecule has 0 radical (unpaired) electrons. The van der Waals surface area contributed by atoms with Gasteiger partial charge in [0.25, 0.3) is 0 Å². The molecule has 1 fully saturated rings. The number of carbonyl (C=O) groups is 1. The summed E-state index contributed by atoms with van der Waals surface area (Å²) in [6.07, 6.45) is 0.855. The zero-order chi connectivity index (χ0) is 15.7. The molecule has 0 spiro atoms. The number of carbonyl (C=O) groups excluding carboxylic acids is 1. The van der Waals surface area contributed by atoms with Crippen molar-refractivity contribution in [3.63, 3.8) is 0 Å². The second-order valence-electron chi connectivity index (χ2n) is 4.76. The molecule has 1 heterocycles. The van der Waals surface area contributed by atoms with Gasteiger partial charge in [0.05, 0.1) is 59.5 Å². The highest BCUT2D eigenvalue weighted by molar-refractivity contribution is 6.74. The Morgan fingerprint density at radius 3 is 1.64 bits per heavy atom. The third kappa shape index (κ3) is 13.2. The van der Waals surface area contributed by atoms with Gasteiger partial charge in [0.15, 0.2) is 0 Å². The van der Waals surface area contributed by atoms with Crippen LogP contribution in [0.25, 0.3) is 0 Å². The fourth-order valence-electron chi connectivity index (χ4n) is 1.69. The van der Waals surface area contributed by atoms with Crippen LogP contribution in [-0.2, 0) is 33.2 Å². The van der Waals surface area contributed by atoms with Crippen molar-refractivity contribution in [2.24, 2.45) is 0 Å². The smallest absolute Gasteiger partial charge is 0.238 e. The fraction of sp³-hybridized carbons (Fsp3) is 0.929. The van der Waals surface area contributed by atoms with Gasteiger partial charge < -0.3 is 33.2 Å². The van der Waals surface area contributed by atoms with E-state index in [9.17, 15) is 4.79 Å². The van der Waals surface area contributed by atoms with E-state index in [0.29, 0.717) is 79.9 Å². The Hall–Kier alpha value is -0.505. The SMILES string of the molecule is O=C1BCOCCOCCOCCCOCCOCCOC1.